The van der Waals surface area contributed by atoms with Crippen LogP contribution in [0.25, 0.3) is 6.08 Å². The molecule has 0 atom stereocenters. The fraction of sp³-hybridized carbons (Fsp3) is 0.176. The lowest BCUT2D eigenvalue weighted by Gasteiger charge is -2.12. The summed E-state index contributed by atoms with van der Waals surface area (Å²) < 4.78 is 11.5. The molecule has 1 aromatic carbocycles. The number of hydrogen-bond donors (Lipinski definition) is 0. The van der Waals surface area contributed by atoms with Crippen LogP contribution in [0.15, 0.2) is 34.2 Å². The summed E-state index contributed by atoms with van der Waals surface area (Å²) in [6.07, 6.45) is 8.42. The van der Waals surface area contributed by atoms with Gasteiger partial charge in [-0.3, -0.25) is 14.5 Å². The summed E-state index contributed by atoms with van der Waals surface area (Å²) >= 11 is 4.29. The molecule has 0 radical (unpaired) electrons. The molecule has 0 bridgehead atoms. The number of nitrogens with zero attached hydrogens (tertiary/aromatic N) is 1. The van der Waals surface area contributed by atoms with Crippen LogP contribution in [0.5, 0.6) is 11.5 Å². The average Bonchev–Trinajstić information content (AvgIpc) is 2.82. The van der Waals surface area contributed by atoms with Gasteiger partial charge in [0.15, 0.2) is 11.5 Å². The van der Waals surface area contributed by atoms with E-state index < -0.39 is 5.91 Å². The fourth-order valence-corrected chi connectivity index (χ4v) is 3.22. The van der Waals surface area contributed by atoms with Gasteiger partial charge < -0.3 is 9.47 Å². The predicted molar refractivity (Wildman–Crippen MR) is 97.9 cm³/mol. The minimum atomic E-state index is -0.402. The lowest BCUT2D eigenvalue weighted by atomic mass is 10.2. The maximum atomic E-state index is 12.2. The van der Waals surface area contributed by atoms with E-state index in [0.717, 1.165) is 16.7 Å². The van der Waals surface area contributed by atoms with Gasteiger partial charge >= 0.3 is 0 Å². The summed E-state index contributed by atoms with van der Waals surface area (Å²) in [4.78, 5) is 25.4. The Kier molecular flexibility index (Phi) is 6.12. The molecule has 1 aliphatic rings. The number of thioether (sulfide) groups is 1. The molecule has 1 aliphatic heterocycles. The molecular weight excluding hydrogens is 394 g/mol. The van der Waals surface area contributed by atoms with Crippen LogP contribution in [-0.4, -0.2) is 36.3 Å². The van der Waals surface area contributed by atoms with E-state index in [-0.39, 0.29) is 11.8 Å². The maximum Gasteiger partial charge on any atom is 0.294 e. The molecule has 0 spiro atoms. The van der Waals surface area contributed by atoms with Crippen molar-refractivity contribution >= 4 is 44.9 Å². The van der Waals surface area contributed by atoms with Gasteiger partial charge in [-0.15, -0.1) is 6.42 Å². The summed E-state index contributed by atoms with van der Waals surface area (Å²) in [6, 6.07) is 3.46. The molecule has 1 heterocycles. The van der Waals surface area contributed by atoms with E-state index in [9.17, 15) is 9.59 Å². The number of benzene rings is 1. The van der Waals surface area contributed by atoms with Crippen molar-refractivity contribution in [3.8, 4) is 23.8 Å². The summed E-state index contributed by atoms with van der Waals surface area (Å²) in [6.45, 7) is 3.90. The minimum Gasteiger partial charge on any atom is -0.493 e. The van der Waals surface area contributed by atoms with E-state index in [1.54, 1.807) is 24.3 Å². The van der Waals surface area contributed by atoms with Crippen LogP contribution in [0.1, 0.15) is 5.56 Å². The zero-order valence-electron chi connectivity index (χ0n) is 12.9. The van der Waals surface area contributed by atoms with Gasteiger partial charge in [-0.25, -0.2) is 0 Å². The molecule has 1 fully saturated rings. The average molecular weight is 408 g/mol. The van der Waals surface area contributed by atoms with Gasteiger partial charge in [0.25, 0.3) is 11.1 Å². The topological polar surface area (TPSA) is 55.8 Å². The summed E-state index contributed by atoms with van der Waals surface area (Å²) in [5, 5.41) is -0.377. The molecule has 2 amide bonds. The largest absolute Gasteiger partial charge is 0.493 e. The molecule has 0 N–H and O–H groups in total. The molecular formula is C17H14BrNO4S. The van der Waals surface area contributed by atoms with Gasteiger partial charge in [0.1, 0.15) is 6.61 Å². The fourth-order valence-electron chi connectivity index (χ4n) is 1.95. The second kappa shape index (κ2) is 8.08. The highest BCUT2D eigenvalue weighted by molar-refractivity contribution is 9.10. The molecule has 1 aromatic rings. The lowest BCUT2D eigenvalue weighted by molar-refractivity contribution is -0.122. The first kappa shape index (κ1) is 18.2. The highest BCUT2D eigenvalue weighted by atomic mass is 79.9. The number of halogens is 1. The van der Waals surface area contributed by atoms with Gasteiger partial charge in [0.2, 0.25) is 0 Å². The van der Waals surface area contributed by atoms with E-state index >= 15 is 0 Å². The Morgan fingerprint density at radius 3 is 2.79 bits per heavy atom. The van der Waals surface area contributed by atoms with Crippen LogP contribution in [0.2, 0.25) is 0 Å². The quantitative estimate of drug-likeness (QED) is 0.408. The van der Waals surface area contributed by atoms with Crippen molar-refractivity contribution in [1.82, 2.24) is 4.90 Å². The van der Waals surface area contributed by atoms with Gasteiger partial charge in [-0.2, -0.15) is 0 Å². The third kappa shape index (κ3) is 3.83. The third-order valence-electron chi connectivity index (χ3n) is 3.05. The Bertz CT molecular complexity index is 767. The second-order valence-electron chi connectivity index (χ2n) is 4.60. The van der Waals surface area contributed by atoms with Gasteiger partial charge in [0, 0.05) is 4.47 Å². The Labute approximate surface area is 152 Å². The van der Waals surface area contributed by atoms with Crippen LogP contribution < -0.4 is 9.47 Å². The Morgan fingerprint density at radius 2 is 2.17 bits per heavy atom. The Hall–Kier alpha value is -2.17. The summed E-state index contributed by atoms with van der Waals surface area (Å²) in [5.41, 5.74) is 0.684. The normalized spacial score (nSPS) is 15.5. The number of carbonyl (C=O) groups is 2. The highest BCUT2D eigenvalue weighted by Crippen LogP contribution is 2.37. The van der Waals surface area contributed by atoms with Crippen molar-refractivity contribution in [2.75, 3.05) is 20.3 Å². The maximum absolute atomic E-state index is 12.2. The van der Waals surface area contributed by atoms with Crippen LogP contribution in [0.4, 0.5) is 4.79 Å². The van der Waals surface area contributed by atoms with E-state index in [0.29, 0.717) is 33.0 Å². The van der Waals surface area contributed by atoms with Crippen LogP contribution in [-0.2, 0) is 4.79 Å². The van der Waals surface area contributed by atoms with Crippen LogP contribution in [0.3, 0.4) is 0 Å². The van der Waals surface area contributed by atoms with E-state index in [4.69, 9.17) is 15.9 Å². The number of carbonyl (C=O) groups excluding carboxylic acids is 2. The van der Waals surface area contributed by atoms with Crippen molar-refractivity contribution < 1.29 is 19.1 Å². The molecule has 24 heavy (non-hydrogen) atoms. The second-order valence-corrected chi connectivity index (χ2v) is 6.44. The summed E-state index contributed by atoms with van der Waals surface area (Å²) in [5.74, 6) is 2.95. The standard InChI is InChI=1S/C17H14BrNO4S/c1-4-6-19-16(20)15(24-17(19)21)9-11-8-13(22-3)14(10-12(11)18)23-7-5-2/h1,5,8-10H,2,6-7H2,3H3/b15-9+. The van der Waals surface area contributed by atoms with Crippen molar-refractivity contribution in [3.05, 3.63) is 39.7 Å². The molecule has 7 heteroatoms. The van der Waals surface area contributed by atoms with Crippen molar-refractivity contribution in [2.45, 2.75) is 0 Å². The summed E-state index contributed by atoms with van der Waals surface area (Å²) in [7, 11) is 1.52. The number of terminal acetylenes is 1. The van der Waals surface area contributed by atoms with Crippen LogP contribution >= 0.6 is 27.7 Å². The molecule has 0 aliphatic carbocycles. The first-order chi connectivity index (χ1) is 11.5. The molecule has 0 aromatic heterocycles. The molecule has 0 saturated carbocycles. The van der Waals surface area contributed by atoms with Gasteiger partial charge in [-0.1, -0.05) is 34.5 Å². The molecule has 124 valence electrons. The van der Waals surface area contributed by atoms with E-state index in [1.807, 2.05) is 0 Å². The van der Waals surface area contributed by atoms with E-state index in [2.05, 4.69) is 28.4 Å². The highest BCUT2D eigenvalue weighted by Gasteiger charge is 2.34. The number of rotatable bonds is 6. The smallest absolute Gasteiger partial charge is 0.294 e. The predicted octanol–water partition coefficient (Wildman–Crippen LogP) is 3.69. The van der Waals surface area contributed by atoms with Gasteiger partial charge in [0.05, 0.1) is 18.6 Å². The van der Waals surface area contributed by atoms with Gasteiger partial charge in [-0.05, 0) is 35.5 Å². The molecule has 2 rings (SSSR count). The number of methoxy groups -OCH3 is 1. The molecule has 0 unspecified atom stereocenters. The van der Waals surface area contributed by atoms with Crippen molar-refractivity contribution in [3.63, 3.8) is 0 Å². The third-order valence-corrected chi connectivity index (χ3v) is 4.64. The Balaban J connectivity index is 2.36. The molecule has 1 saturated heterocycles. The Morgan fingerprint density at radius 1 is 1.42 bits per heavy atom. The molecule has 5 nitrogen and oxygen atoms in total. The van der Waals surface area contributed by atoms with Crippen molar-refractivity contribution in [2.24, 2.45) is 0 Å². The zero-order chi connectivity index (χ0) is 17.7. The SMILES string of the molecule is C#CCN1C(=O)S/C(=C/c2cc(OC)c(OCC=C)cc2Br)C1=O. The number of hydrogen-bond acceptors (Lipinski definition) is 5. The van der Waals surface area contributed by atoms with Crippen LogP contribution in [0, 0.1) is 12.3 Å². The zero-order valence-corrected chi connectivity index (χ0v) is 15.3. The number of ether oxygens (including phenoxy) is 2. The number of imide groups is 1. The first-order valence-electron chi connectivity index (χ1n) is 6.81. The lowest BCUT2D eigenvalue weighted by Crippen LogP contribution is -2.28. The van der Waals surface area contributed by atoms with E-state index in [1.165, 1.54) is 7.11 Å². The minimum absolute atomic E-state index is 0.0408. The first-order valence-corrected chi connectivity index (χ1v) is 8.42. The number of amides is 2. The monoisotopic (exact) mass is 407 g/mol. The van der Waals surface area contributed by atoms with Crippen molar-refractivity contribution in [1.29, 1.82) is 0 Å².